The van der Waals surface area contributed by atoms with E-state index in [2.05, 4.69) is 10.2 Å². The van der Waals surface area contributed by atoms with Crippen molar-refractivity contribution in [2.24, 2.45) is 11.3 Å². The third-order valence-electron chi connectivity index (χ3n) is 9.16. The standard InChI is InChI=1S/C30H36N4O5/c1-39-24-12-10-20(11-13-24)15-30(27(36)31-29(38)34(28(30)37)23-6-3-2-4-7-23)19-32-16-21-14-22(18-32)25-8-5-9-26(35)33(25)17-21/h5,8-13,21-23H,2-4,6-7,14-19H2,1H3,(H,31,36,38)/t21?,22-,30?/m1/s1. The molecule has 0 radical (unpaired) electrons. The maximum atomic E-state index is 14.4. The molecule has 1 saturated carbocycles. The third kappa shape index (κ3) is 4.67. The molecule has 9 heteroatoms. The van der Waals surface area contributed by atoms with Crippen LogP contribution in [0, 0.1) is 11.3 Å². The number of hydrogen-bond acceptors (Lipinski definition) is 6. The maximum Gasteiger partial charge on any atom is 0.331 e. The number of benzene rings is 1. The van der Waals surface area contributed by atoms with Gasteiger partial charge in [-0.05, 0) is 55.4 Å². The zero-order valence-electron chi connectivity index (χ0n) is 22.4. The van der Waals surface area contributed by atoms with Crippen LogP contribution >= 0.6 is 0 Å². The quantitative estimate of drug-likeness (QED) is 0.575. The Kier molecular flexibility index (Phi) is 6.79. The normalized spacial score (nSPS) is 27.7. The first-order chi connectivity index (χ1) is 18.9. The lowest BCUT2D eigenvalue weighted by Crippen LogP contribution is -2.69. The number of imide groups is 2. The highest BCUT2D eigenvalue weighted by atomic mass is 16.5. The van der Waals surface area contributed by atoms with Crippen LogP contribution in [0.2, 0.25) is 0 Å². The van der Waals surface area contributed by atoms with Crippen LogP contribution in [0.4, 0.5) is 4.79 Å². The highest BCUT2D eigenvalue weighted by molar-refractivity contribution is 6.19. The second kappa shape index (κ2) is 10.3. The van der Waals surface area contributed by atoms with E-state index in [1.807, 2.05) is 41.0 Å². The molecule has 6 rings (SSSR count). The van der Waals surface area contributed by atoms with Gasteiger partial charge >= 0.3 is 6.03 Å². The van der Waals surface area contributed by atoms with Crippen molar-refractivity contribution in [3.05, 3.63) is 64.1 Å². The molecule has 4 heterocycles. The van der Waals surface area contributed by atoms with Crippen molar-refractivity contribution >= 4 is 17.8 Å². The molecule has 4 aliphatic rings. The molecular weight excluding hydrogens is 496 g/mol. The topological polar surface area (TPSA) is 101 Å². The third-order valence-corrected chi connectivity index (χ3v) is 9.16. The summed E-state index contributed by atoms with van der Waals surface area (Å²) in [5, 5.41) is 2.58. The van der Waals surface area contributed by atoms with Gasteiger partial charge in [0, 0.05) is 49.9 Å². The van der Waals surface area contributed by atoms with Crippen LogP contribution in [0.15, 0.2) is 47.3 Å². The number of ether oxygens (including phenoxy) is 1. The minimum Gasteiger partial charge on any atom is -0.497 e. The van der Waals surface area contributed by atoms with Crippen molar-refractivity contribution in [2.45, 2.75) is 63.5 Å². The number of nitrogens with zero attached hydrogens (tertiary/aromatic N) is 3. The number of piperidine rings is 1. The maximum absolute atomic E-state index is 14.4. The van der Waals surface area contributed by atoms with Crippen LogP contribution in [0.1, 0.15) is 55.7 Å². The van der Waals surface area contributed by atoms with Crippen molar-refractivity contribution in [2.75, 3.05) is 26.7 Å². The van der Waals surface area contributed by atoms with Gasteiger partial charge in [-0.25, -0.2) is 4.79 Å². The first kappa shape index (κ1) is 25.8. The average Bonchev–Trinajstić information content (AvgIpc) is 2.93. The fraction of sp³-hybridized carbons (Fsp3) is 0.533. The number of pyridine rings is 1. The van der Waals surface area contributed by atoms with Gasteiger partial charge in [-0.2, -0.15) is 0 Å². The lowest BCUT2D eigenvalue weighted by molar-refractivity contribution is -0.155. The van der Waals surface area contributed by atoms with Crippen molar-refractivity contribution in [3.63, 3.8) is 0 Å². The second-order valence-electron chi connectivity index (χ2n) is 11.7. The van der Waals surface area contributed by atoms with E-state index in [9.17, 15) is 19.2 Å². The van der Waals surface area contributed by atoms with Crippen LogP contribution in [0.5, 0.6) is 5.75 Å². The van der Waals surface area contributed by atoms with Gasteiger partial charge in [0.15, 0.2) is 0 Å². The number of urea groups is 1. The van der Waals surface area contributed by atoms with Crippen LogP contribution in [0.25, 0.3) is 0 Å². The molecule has 3 fully saturated rings. The number of carbonyl (C=O) groups excluding carboxylic acids is 3. The molecule has 2 saturated heterocycles. The Balaban J connectivity index is 1.34. The molecular formula is C30H36N4O5. The molecule has 9 nitrogen and oxygen atoms in total. The van der Waals surface area contributed by atoms with E-state index in [0.717, 1.165) is 49.8 Å². The van der Waals surface area contributed by atoms with Crippen molar-refractivity contribution in [3.8, 4) is 5.75 Å². The van der Waals surface area contributed by atoms with Crippen LogP contribution in [-0.2, 0) is 22.6 Å². The SMILES string of the molecule is COc1ccc(CC2(CN3CC4C[C@H](C3)c3cccc(=O)n3C4)C(=O)NC(=O)N(C3CCCCC3)C2=O)cc1. The van der Waals surface area contributed by atoms with Crippen molar-refractivity contribution in [1.29, 1.82) is 0 Å². The Bertz CT molecular complexity index is 1330. The van der Waals surface area contributed by atoms with Gasteiger partial charge in [-0.1, -0.05) is 37.5 Å². The van der Waals surface area contributed by atoms with Crippen LogP contribution < -0.4 is 15.6 Å². The largest absolute Gasteiger partial charge is 0.497 e. The number of methoxy groups -OCH3 is 1. The zero-order chi connectivity index (χ0) is 27.1. The molecule has 2 unspecified atom stereocenters. The first-order valence-corrected chi connectivity index (χ1v) is 14.1. The fourth-order valence-corrected chi connectivity index (χ4v) is 7.32. The molecule has 39 heavy (non-hydrogen) atoms. The molecule has 4 amide bonds. The highest BCUT2D eigenvalue weighted by Crippen LogP contribution is 2.39. The predicted molar refractivity (Wildman–Crippen MR) is 144 cm³/mol. The smallest absolute Gasteiger partial charge is 0.331 e. The van der Waals surface area contributed by atoms with Gasteiger partial charge in [0.1, 0.15) is 11.2 Å². The average molecular weight is 533 g/mol. The molecule has 2 aromatic rings. The Morgan fingerprint density at radius 3 is 2.46 bits per heavy atom. The first-order valence-electron chi connectivity index (χ1n) is 14.1. The molecule has 2 bridgehead atoms. The lowest BCUT2D eigenvalue weighted by atomic mass is 9.75. The fourth-order valence-electron chi connectivity index (χ4n) is 7.32. The number of hydrogen-bond donors (Lipinski definition) is 1. The summed E-state index contributed by atoms with van der Waals surface area (Å²) in [6.07, 6.45) is 5.75. The minimum atomic E-state index is -1.43. The van der Waals surface area contributed by atoms with Gasteiger partial charge in [0.2, 0.25) is 11.8 Å². The number of fused-ring (bicyclic) bond motifs is 4. The minimum absolute atomic E-state index is 0.0232. The van der Waals surface area contributed by atoms with Crippen molar-refractivity contribution in [1.82, 2.24) is 19.7 Å². The summed E-state index contributed by atoms with van der Waals surface area (Å²) in [7, 11) is 1.60. The number of likely N-dealkylation sites (tertiary alicyclic amines) is 1. The second-order valence-corrected chi connectivity index (χ2v) is 11.7. The zero-order valence-corrected chi connectivity index (χ0v) is 22.4. The van der Waals surface area contributed by atoms with Gasteiger partial charge < -0.3 is 14.2 Å². The van der Waals surface area contributed by atoms with Gasteiger partial charge in [-0.15, -0.1) is 0 Å². The summed E-state index contributed by atoms with van der Waals surface area (Å²) in [5.41, 5.74) is 0.453. The van der Waals surface area contributed by atoms with E-state index in [0.29, 0.717) is 25.4 Å². The predicted octanol–water partition coefficient (Wildman–Crippen LogP) is 2.92. The van der Waals surface area contributed by atoms with E-state index >= 15 is 0 Å². The summed E-state index contributed by atoms with van der Waals surface area (Å²) < 4.78 is 7.19. The Morgan fingerprint density at radius 1 is 0.949 bits per heavy atom. The monoisotopic (exact) mass is 532 g/mol. The van der Waals surface area contributed by atoms with E-state index in [1.165, 1.54) is 4.90 Å². The Labute approximate surface area is 228 Å². The molecule has 1 aliphatic carbocycles. The number of rotatable bonds is 6. The number of carbonyl (C=O) groups is 3. The Hall–Kier alpha value is -3.46. The molecule has 3 aliphatic heterocycles. The molecule has 206 valence electrons. The van der Waals surface area contributed by atoms with E-state index in [1.54, 1.807) is 13.2 Å². The number of nitrogens with one attached hydrogen (secondary N) is 1. The molecule has 1 N–H and O–H groups in total. The number of aromatic nitrogens is 1. The molecule has 1 aromatic carbocycles. The van der Waals surface area contributed by atoms with Gasteiger partial charge in [-0.3, -0.25) is 24.6 Å². The van der Waals surface area contributed by atoms with Gasteiger partial charge in [0.25, 0.3) is 5.56 Å². The number of amides is 4. The van der Waals surface area contributed by atoms with Crippen molar-refractivity contribution < 1.29 is 19.1 Å². The summed E-state index contributed by atoms with van der Waals surface area (Å²) in [6.45, 7) is 2.21. The summed E-state index contributed by atoms with van der Waals surface area (Å²) >= 11 is 0. The molecule has 3 atom stereocenters. The van der Waals surface area contributed by atoms with Crippen LogP contribution in [0.3, 0.4) is 0 Å². The Morgan fingerprint density at radius 2 is 1.72 bits per heavy atom. The summed E-state index contributed by atoms with van der Waals surface area (Å²) in [5.74, 6) is 0.206. The van der Waals surface area contributed by atoms with E-state index < -0.39 is 17.4 Å². The number of barbiturate groups is 1. The van der Waals surface area contributed by atoms with E-state index in [-0.39, 0.29) is 42.3 Å². The molecule has 1 aromatic heterocycles. The highest BCUT2D eigenvalue weighted by Gasteiger charge is 2.56. The van der Waals surface area contributed by atoms with Crippen LogP contribution in [-0.4, -0.2) is 65.0 Å². The molecule has 0 spiro atoms. The lowest BCUT2D eigenvalue weighted by Gasteiger charge is -2.48. The summed E-state index contributed by atoms with van der Waals surface area (Å²) in [4.78, 5) is 57.3. The van der Waals surface area contributed by atoms with E-state index in [4.69, 9.17) is 4.74 Å². The van der Waals surface area contributed by atoms with Gasteiger partial charge in [0.05, 0.1) is 7.11 Å². The summed E-state index contributed by atoms with van der Waals surface area (Å²) in [6, 6.07) is 12.1.